The van der Waals surface area contributed by atoms with Crippen LogP contribution < -0.4 is 4.74 Å². The van der Waals surface area contributed by atoms with Crippen molar-refractivity contribution < 1.29 is 9.53 Å². The quantitative estimate of drug-likeness (QED) is 0.880. The lowest BCUT2D eigenvalue weighted by molar-refractivity contribution is 0.0494. The zero-order valence-corrected chi connectivity index (χ0v) is 12.8. The van der Waals surface area contributed by atoms with E-state index in [1.807, 2.05) is 24.3 Å². The van der Waals surface area contributed by atoms with Crippen LogP contribution in [0, 0.1) is 0 Å². The van der Waals surface area contributed by atoms with Gasteiger partial charge in [0.1, 0.15) is 11.9 Å². The van der Waals surface area contributed by atoms with Crippen LogP contribution in [0.25, 0.3) is 10.9 Å². The van der Waals surface area contributed by atoms with Gasteiger partial charge in [-0.1, -0.05) is 6.42 Å². The third-order valence-corrected chi connectivity index (χ3v) is 5.11. The normalized spacial score (nSPS) is 20.9. The van der Waals surface area contributed by atoms with Crippen LogP contribution in [0.4, 0.5) is 0 Å². The summed E-state index contributed by atoms with van der Waals surface area (Å²) in [7, 11) is 0. The number of ether oxygens (including phenoxy) is 1. The number of piperidine rings is 1. The van der Waals surface area contributed by atoms with E-state index in [1.54, 1.807) is 0 Å². The first kappa shape index (κ1) is 13.8. The fourth-order valence-corrected chi connectivity index (χ4v) is 3.57. The number of likely N-dealkylation sites (tertiary alicyclic amines) is 1. The van der Waals surface area contributed by atoms with Crippen LogP contribution in [0.15, 0.2) is 24.3 Å². The summed E-state index contributed by atoms with van der Waals surface area (Å²) < 4.78 is 6.16. The molecule has 2 fully saturated rings. The summed E-state index contributed by atoms with van der Waals surface area (Å²) in [6.07, 6.45) is 7.56. The van der Waals surface area contributed by atoms with E-state index in [9.17, 15) is 4.79 Å². The molecule has 0 amide bonds. The molecule has 22 heavy (non-hydrogen) atoms. The second-order valence-electron chi connectivity index (χ2n) is 6.53. The van der Waals surface area contributed by atoms with Gasteiger partial charge in [0.2, 0.25) is 0 Å². The lowest BCUT2D eigenvalue weighted by atomic mass is 9.90. The number of hydrogen-bond donors (Lipinski definition) is 1. The molecule has 2 aliphatic rings. The Bertz CT molecular complexity index is 667. The molecular formula is C18H22N2O2. The summed E-state index contributed by atoms with van der Waals surface area (Å²) in [5.74, 6) is 0.908. The summed E-state index contributed by atoms with van der Waals surface area (Å²) in [6.45, 7) is 2.33. The molecule has 116 valence electrons. The zero-order chi connectivity index (χ0) is 14.9. The first-order valence-corrected chi connectivity index (χ1v) is 8.30. The molecular weight excluding hydrogens is 276 g/mol. The third kappa shape index (κ3) is 2.63. The predicted octanol–water partition coefficient (Wildman–Crippen LogP) is 3.38. The highest BCUT2D eigenvalue weighted by molar-refractivity contribution is 5.88. The van der Waals surface area contributed by atoms with Gasteiger partial charge < -0.3 is 14.6 Å². The number of carbonyl (C=O) groups excluding carboxylic acids is 1. The lowest BCUT2D eigenvalue weighted by Crippen LogP contribution is -2.46. The Kier molecular flexibility index (Phi) is 3.62. The molecule has 1 N–H and O–H groups in total. The summed E-state index contributed by atoms with van der Waals surface area (Å²) in [4.78, 5) is 16.5. The number of fused-ring (bicyclic) bond motifs is 1. The van der Waals surface area contributed by atoms with E-state index in [0.29, 0.717) is 11.8 Å². The second-order valence-corrected chi connectivity index (χ2v) is 6.53. The molecule has 4 heteroatoms. The molecule has 4 rings (SSSR count). The van der Waals surface area contributed by atoms with Gasteiger partial charge in [-0.15, -0.1) is 0 Å². The Morgan fingerprint density at radius 1 is 1.14 bits per heavy atom. The van der Waals surface area contributed by atoms with Crippen molar-refractivity contribution in [3.05, 3.63) is 30.0 Å². The van der Waals surface area contributed by atoms with Crippen molar-refractivity contribution in [2.24, 2.45) is 0 Å². The Balaban J connectivity index is 1.39. The van der Waals surface area contributed by atoms with Crippen LogP contribution in [-0.2, 0) is 0 Å². The van der Waals surface area contributed by atoms with Crippen molar-refractivity contribution in [1.82, 2.24) is 9.88 Å². The van der Waals surface area contributed by atoms with Crippen LogP contribution in [0.2, 0.25) is 0 Å². The highest BCUT2D eigenvalue weighted by Crippen LogP contribution is 2.29. The number of hydrogen-bond acceptors (Lipinski definition) is 3. The Morgan fingerprint density at radius 2 is 1.95 bits per heavy atom. The van der Waals surface area contributed by atoms with Gasteiger partial charge in [-0.05, 0) is 49.9 Å². The molecule has 0 unspecified atom stereocenters. The van der Waals surface area contributed by atoms with Crippen LogP contribution in [-0.4, -0.2) is 41.4 Å². The Morgan fingerprint density at radius 3 is 2.64 bits per heavy atom. The molecule has 1 aliphatic heterocycles. The van der Waals surface area contributed by atoms with Crippen LogP contribution in [0.3, 0.4) is 0 Å². The molecule has 1 aromatic carbocycles. The standard InChI is InChI=1S/C18H22N2O2/c21-12-14-10-13-11-17(4-5-18(13)19-14)22-16-6-8-20(9-7-16)15-2-1-3-15/h4-5,10-12,15-16,19H,1-3,6-9H2. The van der Waals surface area contributed by atoms with Crippen LogP contribution >= 0.6 is 0 Å². The van der Waals surface area contributed by atoms with Gasteiger partial charge in [0.15, 0.2) is 6.29 Å². The number of nitrogens with zero attached hydrogens (tertiary/aromatic N) is 1. The SMILES string of the molecule is O=Cc1cc2cc(OC3CCN(C4CCC4)CC3)ccc2[nH]1. The van der Waals surface area contributed by atoms with Crippen LogP contribution in [0.5, 0.6) is 5.75 Å². The summed E-state index contributed by atoms with van der Waals surface area (Å²) >= 11 is 0. The number of nitrogens with one attached hydrogen (secondary N) is 1. The van der Waals surface area contributed by atoms with Crippen molar-refractivity contribution in [3.8, 4) is 5.75 Å². The van der Waals surface area contributed by atoms with E-state index in [-0.39, 0.29) is 0 Å². The fraction of sp³-hybridized carbons (Fsp3) is 0.500. The smallest absolute Gasteiger partial charge is 0.166 e. The monoisotopic (exact) mass is 298 g/mol. The van der Waals surface area contributed by atoms with E-state index in [4.69, 9.17) is 4.74 Å². The van der Waals surface area contributed by atoms with Gasteiger partial charge in [0, 0.05) is 30.0 Å². The molecule has 0 bridgehead atoms. The van der Waals surface area contributed by atoms with Crippen molar-refractivity contribution in [3.63, 3.8) is 0 Å². The van der Waals surface area contributed by atoms with Gasteiger partial charge >= 0.3 is 0 Å². The zero-order valence-electron chi connectivity index (χ0n) is 12.8. The third-order valence-electron chi connectivity index (χ3n) is 5.11. The number of aromatic amines is 1. The maximum Gasteiger partial charge on any atom is 0.166 e. The van der Waals surface area contributed by atoms with E-state index >= 15 is 0 Å². The van der Waals surface area contributed by atoms with Gasteiger partial charge in [0.25, 0.3) is 0 Å². The minimum Gasteiger partial charge on any atom is -0.490 e. The van der Waals surface area contributed by atoms with Gasteiger partial charge in [-0.25, -0.2) is 0 Å². The average molecular weight is 298 g/mol. The van der Waals surface area contributed by atoms with E-state index < -0.39 is 0 Å². The number of H-pyrrole nitrogens is 1. The first-order chi connectivity index (χ1) is 10.8. The maximum atomic E-state index is 10.8. The largest absolute Gasteiger partial charge is 0.490 e. The Hall–Kier alpha value is -1.81. The van der Waals surface area contributed by atoms with Crippen LogP contribution in [0.1, 0.15) is 42.6 Å². The maximum absolute atomic E-state index is 10.8. The summed E-state index contributed by atoms with van der Waals surface area (Å²) in [5.41, 5.74) is 1.59. The molecule has 1 aromatic heterocycles. The lowest BCUT2D eigenvalue weighted by Gasteiger charge is -2.41. The second kappa shape index (κ2) is 5.76. The van der Waals surface area contributed by atoms with Crippen molar-refractivity contribution in [2.45, 2.75) is 44.2 Å². The fourth-order valence-electron chi connectivity index (χ4n) is 3.57. The van der Waals surface area contributed by atoms with E-state index in [1.165, 1.54) is 19.3 Å². The summed E-state index contributed by atoms with van der Waals surface area (Å²) in [6, 6.07) is 8.72. The molecule has 0 radical (unpaired) electrons. The molecule has 2 heterocycles. The van der Waals surface area contributed by atoms with E-state index in [2.05, 4.69) is 9.88 Å². The number of aromatic nitrogens is 1. The number of benzene rings is 1. The molecule has 1 aliphatic carbocycles. The minimum absolute atomic E-state index is 0.318. The number of aldehydes is 1. The van der Waals surface area contributed by atoms with Crippen molar-refractivity contribution in [2.75, 3.05) is 13.1 Å². The number of rotatable bonds is 4. The summed E-state index contributed by atoms with van der Waals surface area (Å²) in [5, 5.41) is 1.03. The molecule has 1 saturated carbocycles. The minimum atomic E-state index is 0.318. The van der Waals surface area contributed by atoms with Gasteiger partial charge in [-0.3, -0.25) is 4.79 Å². The number of carbonyl (C=O) groups is 1. The highest BCUT2D eigenvalue weighted by Gasteiger charge is 2.29. The van der Waals surface area contributed by atoms with Gasteiger partial charge in [-0.2, -0.15) is 0 Å². The average Bonchev–Trinajstić information content (AvgIpc) is 2.90. The highest BCUT2D eigenvalue weighted by atomic mass is 16.5. The predicted molar refractivity (Wildman–Crippen MR) is 86.5 cm³/mol. The molecule has 2 aromatic rings. The molecule has 0 atom stereocenters. The van der Waals surface area contributed by atoms with Crippen molar-refractivity contribution >= 4 is 17.2 Å². The van der Waals surface area contributed by atoms with E-state index in [0.717, 1.165) is 54.9 Å². The first-order valence-electron chi connectivity index (χ1n) is 8.30. The molecule has 4 nitrogen and oxygen atoms in total. The van der Waals surface area contributed by atoms with Crippen molar-refractivity contribution in [1.29, 1.82) is 0 Å². The molecule has 1 saturated heterocycles. The topological polar surface area (TPSA) is 45.3 Å². The Labute approximate surface area is 130 Å². The van der Waals surface area contributed by atoms with Gasteiger partial charge in [0.05, 0.1) is 5.69 Å². The molecule has 0 spiro atoms.